The zero-order valence-corrected chi connectivity index (χ0v) is 9.22. The van der Waals surface area contributed by atoms with Gasteiger partial charge >= 0.3 is 5.97 Å². The van der Waals surface area contributed by atoms with E-state index in [0.717, 1.165) is 11.3 Å². The molecule has 4 N–H and O–H groups in total. The lowest BCUT2D eigenvalue weighted by molar-refractivity contribution is -0.138. The second-order valence-corrected chi connectivity index (χ2v) is 5.57. The molecule has 1 unspecified atom stereocenters. The molecule has 0 aliphatic rings. The van der Waals surface area contributed by atoms with Gasteiger partial charge in [0.05, 0.1) is 0 Å². The highest BCUT2D eigenvalue weighted by Gasteiger charge is 2.24. The highest BCUT2D eigenvalue weighted by Crippen LogP contribution is 2.15. The SMILES string of the molecule is NCC(NS(=O)(=O)c1cccs1)C(=O)O. The summed E-state index contributed by atoms with van der Waals surface area (Å²) in [5.74, 6) is -1.29. The average Bonchev–Trinajstić information content (AvgIpc) is 2.67. The van der Waals surface area contributed by atoms with Crippen molar-refractivity contribution in [1.29, 1.82) is 0 Å². The number of carboxylic acids is 1. The molecular formula is C7H10N2O4S2. The van der Waals surface area contributed by atoms with Crippen molar-refractivity contribution in [3.05, 3.63) is 17.5 Å². The van der Waals surface area contributed by atoms with Crippen LogP contribution in [-0.4, -0.2) is 32.1 Å². The summed E-state index contributed by atoms with van der Waals surface area (Å²) >= 11 is 1.01. The Morgan fingerprint density at radius 1 is 1.67 bits per heavy atom. The fraction of sp³-hybridized carbons (Fsp3) is 0.286. The van der Waals surface area contributed by atoms with E-state index in [0.29, 0.717) is 0 Å². The minimum Gasteiger partial charge on any atom is -0.480 e. The van der Waals surface area contributed by atoms with E-state index in [2.05, 4.69) is 0 Å². The molecule has 0 radical (unpaired) electrons. The van der Waals surface area contributed by atoms with Crippen LogP contribution in [0.5, 0.6) is 0 Å². The van der Waals surface area contributed by atoms with Gasteiger partial charge in [0, 0.05) is 6.54 Å². The Bertz CT molecular complexity index is 426. The van der Waals surface area contributed by atoms with Gasteiger partial charge in [-0.05, 0) is 11.4 Å². The molecule has 15 heavy (non-hydrogen) atoms. The van der Waals surface area contributed by atoms with Gasteiger partial charge in [-0.2, -0.15) is 4.72 Å². The molecule has 6 nitrogen and oxygen atoms in total. The number of rotatable bonds is 5. The quantitative estimate of drug-likeness (QED) is 0.649. The van der Waals surface area contributed by atoms with E-state index >= 15 is 0 Å². The molecule has 1 atom stereocenters. The van der Waals surface area contributed by atoms with Crippen LogP contribution in [0.25, 0.3) is 0 Å². The van der Waals surface area contributed by atoms with Crippen molar-refractivity contribution in [2.75, 3.05) is 6.54 Å². The predicted molar refractivity (Wildman–Crippen MR) is 55.1 cm³/mol. The van der Waals surface area contributed by atoms with Gasteiger partial charge in [-0.25, -0.2) is 8.42 Å². The Morgan fingerprint density at radius 3 is 2.73 bits per heavy atom. The van der Waals surface area contributed by atoms with Crippen molar-refractivity contribution >= 4 is 27.3 Å². The lowest BCUT2D eigenvalue weighted by Gasteiger charge is -2.11. The third-order valence-electron chi connectivity index (χ3n) is 1.59. The van der Waals surface area contributed by atoms with Crippen LogP contribution in [0.2, 0.25) is 0 Å². The van der Waals surface area contributed by atoms with Crippen LogP contribution in [0.3, 0.4) is 0 Å². The standard InChI is InChI=1S/C7H10N2O4S2/c8-4-5(7(10)11)9-15(12,13)6-2-1-3-14-6/h1-3,5,9H,4,8H2,(H,10,11). The number of hydrogen-bond donors (Lipinski definition) is 3. The van der Waals surface area contributed by atoms with Gasteiger partial charge in [-0.1, -0.05) is 6.07 Å². The Labute approximate surface area is 90.8 Å². The molecule has 0 saturated heterocycles. The summed E-state index contributed by atoms with van der Waals surface area (Å²) in [6.45, 7) is -0.292. The lowest BCUT2D eigenvalue weighted by atomic mass is 10.3. The largest absolute Gasteiger partial charge is 0.480 e. The fourth-order valence-electron chi connectivity index (χ4n) is 0.861. The molecule has 1 aromatic heterocycles. The van der Waals surface area contributed by atoms with E-state index in [-0.39, 0.29) is 10.8 Å². The zero-order valence-electron chi connectivity index (χ0n) is 7.58. The minimum absolute atomic E-state index is 0.0715. The molecule has 0 bridgehead atoms. The molecule has 1 rings (SSSR count). The Balaban J connectivity index is 2.86. The second kappa shape index (κ2) is 4.71. The Kier molecular flexibility index (Phi) is 3.80. The number of nitrogens with one attached hydrogen (secondary N) is 1. The molecule has 1 aromatic rings. The first kappa shape index (κ1) is 12.1. The Morgan fingerprint density at radius 2 is 2.33 bits per heavy atom. The summed E-state index contributed by atoms with van der Waals surface area (Å²) in [4.78, 5) is 10.6. The molecule has 0 spiro atoms. The number of carboxylic acid groups (broad SMARTS) is 1. The normalized spacial score (nSPS) is 13.7. The number of nitrogens with two attached hydrogens (primary N) is 1. The van der Waals surface area contributed by atoms with E-state index in [1.165, 1.54) is 6.07 Å². The van der Waals surface area contributed by atoms with Crippen LogP contribution in [0.4, 0.5) is 0 Å². The van der Waals surface area contributed by atoms with E-state index in [4.69, 9.17) is 10.8 Å². The van der Waals surface area contributed by atoms with Crippen LogP contribution in [0.1, 0.15) is 0 Å². The fourth-order valence-corrected chi connectivity index (χ4v) is 3.07. The van der Waals surface area contributed by atoms with Crippen LogP contribution in [-0.2, 0) is 14.8 Å². The maximum Gasteiger partial charge on any atom is 0.323 e. The third-order valence-corrected chi connectivity index (χ3v) is 4.46. The van der Waals surface area contributed by atoms with Gasteiger partial charge in [0.1, 0.15) is 10.3 Å². The minimum atomic E-state index is -3.77. The number of hydrogen-bond acceptors (Lipinski definition) is 5. The van der Waals surface area contributed by atoms with Crippen molar-refractivity contribution in [3.63, 3.8) is 0 Å². The van der Waals surface area contributed by atoms with Crippen LogP contribution >= 0.6 is 11.3 Å². The number of thiophene rings is 1. The first-order valence-electron chi connectivity index (χ1n) is 3.96. The lowest BCUT2D eigenvalue weighted by Crippen LogP contribution is -2.45. The summed E-state index contributed by atoms with van der Waals surface area (Å²) < 4.78 is 25.2. The first-order valence-corrected chi connectivity index (χ1v) is 6.32. The molecule has 84 valence electrons. The van der Waals surface area contributed by atoms with Crippen LogP contribution < -0.4 is 10.5 Å². The number of sulfonamides is 1. The summed E-state index contributed by atoms with van der Waals surface area (Å²) in [5, 5.41) is 10.2. The van der Waals surface area contributed by atoms with E-state index in [9.17, 15) is 13.2 Å². The van der Waals surface area contributed by atoms with Gasteiger partial charge in [0.25, 0.3) is 10.0 Å². The maximum absolute atomic E-state index is 11.5. The summed E-state index contributed by atoms with van der Waals surface area (Å²) in [6.07, 6.45) is 0. The highest BCUT2D eigenvalue weighted by atomic mass is 32.2. The van der Waals surface area contributed by atoms with Gasteiger partial charge in [0.2, 0.25) is 0 Å². The Hall–Kier alpha value is -0.960. The van der Waals surface area contributed by atoms with E-state index in [1.54, 1.807) is 11.4 Å². The number of carbonyl (C=O) groups is 1. The third kappa shape index (κ3) is 2.99. The maximum atomic E-state index is 11.5. The smallest absolute Gasteiger partial charge is 0.323 e. The van der Waals surface area contributed by atoms with Gasteiger partial charge in [0.15, 0.2) is 0 Å². The zero-order chi connectivity index (χ0) is 11.5. The first-order chi connectivity index (χ1) is 6.97. The molecule has 0 fully saturated rings. The summed E-state index contributed by atoms with van der Waals surface area (Å²) in [7, 11) is -3.77. The average molecular weight is 250 g/mol. The number of aliphatic carboxylic acids is 1. The van der Waals surface area contributed by atoms with Gasteiger partial charge in [-0.15, -0.1) is 11.3 Å². The van der Waals surface area contributed by atoms with E-state index in [1.807, 2.05) is 4.72 Å². The molecule has 0 aromatic carbocycles. The van der Waals surface area contributed by atoms with Crippen molar-refractivity contribution in [2.24, 2.45) is 5.73 Å². The van der Waals surface area contributed by atoms with Crippen LogP contribution in [0, 0.1) is 0 Å². The van der Waals surface area contributed by atoms with Crippen LogP contribution in [0.15, 0.2) is 21.7 Å². The monoisotopic (exact) mass is 250 g/mol. The summed E-state index contributed by atoms with van der Waals surface area (Å²) in [6, 6.07) is 1.66. The van der Waals surface area contributed by atoms with Crippen molar-refractivity contribution in [2.45, 2.75) is 10.3 Å². The predicted octanol–water partition coefficient (Wildman–Crippen LogP) is -0.562. The van der Waals surface area contributed by atoms with Crippen molar-refractivity contribution in [1.82, 2.24) is 4.72 Å². The molecule has 8 heteroatoms. The molecule has 1 heterocycles. The summed E-state index contributed by atoms with van der Waals surface area (Å²) in [5.41, 5.74) is 5.13. The molecule has 0 amide bonds. The molecular weight excluding hydrogens is 240 g/mol. The highest BCUT2D eigenvalue weighted by molar-refractivity contribution is 7.91. The molecule has 0 aliphatic heterocycles. The van der Waals surface area contributed by atoms with Crippen molar-refractivity contribution in [3.8, 4) is 0 Å². The molecule has 0 aliphatic carbocycles. The molecule has 0 saturated carbocycles. The topological polar surface area (TPSA) is 109 Å². The van der Waals surface area contributed by atoms with Crippen molar-refractivity contribution < 1.29 is 18.3 Å². The van der Waals surface area contributed by atoms with Gasteiger partial charge < -0.3 is 10.8 Å². The second-order valence-electron chi connectivity index (χ2n) is 2.68. The van der Waals surface area contributed by atoms with E-state index < -0.39 is 22.0 Å². The van der Waals surface area contributed by atoms with Gasteiger partial charge in [-0.3, -0.25) is 4.79 Å².